The zero-order valence-corrected chi connectivity index (χ0v) is 7.15. The molecule has 0 aromatic rings. The second-order valence-corrected chi connectivity index (χ2v) is 2.75. The second-order valence-electron chi connectivity index (χ2n) is 2.75. The van der Waals surface area contributed by atoms with Crippen LogP contribution >= 0.6 is 0 Å². The Morgan fingerprint density at radius 2 is 1.82 bits per heavy atom. The van der Waals surface area contributed by atoms with Crippen molar-refractivity contribution >= 4 is 7.28 Å². The standard InChI is InChI=1S/C8H16BF2/c1-2-3-6-9-7-4-5-8(10)11/h8H,2-7H2,1H3. The minimum atomic E-state index is -2.12. The van der Waals surface area contributed by atoms with Gasteiger partial charge in [0.1, 0.15) is 7.28 Å². The van der Waals surface area contributed by atoms with E-state index in [0.29, 0.717) is 6.42 Å². The van der Waals surface area contributed by atoms with E-state index in [1.165, 1.54) is 12.8 Å². The first-order valence-electron chi connectivity index (χ1n) is 4.37. The van der Waals surface area contributed by atoms with E-state index in [1.54, 1.807) is 0 Å². The molecule has 0 aromatic heterocycles. The van der Waals surface area contributed by atoms with Crippen LogP contribution in [0.15, 0.2) is 0 Å². The summed E-state index contributed by atoms with van der Waals surface area (Å²) in [6.07, 6.45) is 2.89. The number of halogens is 2. The third-order valence-corrected chi connectivity index (χ3v) is 1.59. The summed E-state index contributed by atoms with van der Waals surface area (Å²) in [7, 11) is 2.12. The minimum Gasteiger partial charge on any atom is -0.211 e. The molecule has 0 aromatic carbocycles. The van der Waals surface area contributed by atoms with E-state index in [0.717, 1.165) is 12.6 Å². The van der Waals surface area contributed by atoms with Crippen molar-refractivity contribution in [2.24, 2.45) is 0 Å². The molecule has 0 saturated heterocycles. The third-order valence-electron chi connectivity index (χ3n) is 1.59. The highest BCUT2D eigenvalue weighted by Gasteiger charge is 2.00. The number of unbranched alkanes of at least 4 members (excludes halogenated alkanes) is 1. The molecule has 3 heteroatoms. The van der Waals surface area contributed by atoms with E-state index >= 15 is 0 Å². The van der Waals surface area contributed by atoms with Gasteiger partial charge < -0.3 is 0 Å². The molecule has 11 heavy (non-hydrogen) atoms. The maximum Gasteiger partial charge on any atom is 0.238 e. The van der Waals surface area contributed by atoms with Gasteiger partial charge in [-0.05, 0) is 0 Å². The maximum absolute atomic E-state index is 11.6. The highest BCUT2D eigenvalue weighted by Crippen LogP contribution is 2.07. The molecule has 0 bridgehead atoms. The van der Waals surface area contributed by atoms with Gasteiger partial charge in [0.15, 0.2) is 0 Å². The van der Waals surface area contributed by atoms with Crippen molar-refractivity contribution in [1.29, 1.82) is 0 Å². The molecular formula is C8H16BF2. The molecular weight excluding hydrogens is 145 g/mol. The largest absolute Gasteiger partial charge is 0.238 e. The summed E-state index contributed by atoms with van der Waals surface area (Å²) in [5.41, 5.74) is 0. The Hall–Kier alpha value is -0.0751. The normalized spacial score (nSPS) is 10.5. The summed E-state index contributed by atoms with van der Waals surface area (Å²) in [5.74, 6) is 0. The molecule has 0 spiro atoms. The van der Waals surface area contributed by atoms with E-state index in [4.69, 9.17) is 0 Å². The highest BCUT2D eigenvalue weighted by molar-refractivity contribution is 6.35. The lowest BCUT2D eigenvalue weighted by Crippen LogP contribution is -1.93. The molecule has 0 N–H and O–H groups in total. The number of hydrogen-bond donors (Lipinski definition) is 0. The van der Waals surface area contributed by atoms with Crippen molar-refractivity contribution in [3.63, 3.8) is 0 Å². The summed E-state index contributed by atoms with van der Waals surface area (Å²) >= 11 is 0. The van der Waals surface area contributed by atoms with Gasteiger partial charge in [-0.1, -0.05) is 38.8 Å². The van der Waals surface area contributed by atoms with E-state index in [-0.39, 0.29) is 6.42 Å². The Morgan fingerprint density at radius 3 is 2.36 bits per heavy atom. The molecule has 0 aliphatic heterocycles. The van der Waals surface area contributed by atoms with Gasteiger partial charge >= 0.3 is 0 Å². The fourth-order valence-corrected chi connectivity index (χ4v) is 0.909. The van der Waals surface area contributed by atoms with Gasteiger partial charge in [-0.25, -0.2) is 8.78 Å². The van der Waals surface area contributed by atoms with Crippen molar-refractivity contribution < 1.29 is 8.78 Å². The van der Waals surface area contributed by atoms with Crippen LogP contribution in [-0.2, 0) is 0 Å². The molecule has 0 fully saturated rings. The summed E-state index contributed by atoms with van der Waals surface area (Å²) < 4.78 is 23.2. The molecule has 0 nitrogen and oxygen atoms in total. The molecule has 1 radical (unpaired) electrons. The highest BCUT2D eigenvalue weighted by atomic mass is 19.3. The molecule has 0 atom stereocenters. The lowest BCUT2D eigenvalue weighted by Gasteiger charge is -1.98. The van der Waals surface area contributed by atoms with Gasteiger partial charge in [0, 0.05) is 6.42 Å². The average molecular weight is 161 g/mol. The Labute approximate surface area is 68.6 Å². The predicted octanol–water partition coefficient (Wildman–Crippen LogP) is 3.37. The van der Waals surface area contributed by atoms with Gasteiger partial charge in [0.25, 0.3) is 0 Å². The smallest absolute Gasteiger partial charge is 0.211 e. The van der Waals surface area contributed by atoms with E-state index in [1.807, 2.05) is 0 Å². The van der Waals surface area contributed by atoms with Gasteiger partial charge in [0.2, 0.25) is 6.43 Å². The van der Waals surface area contributed by atoms with Crippen LogP contribution < -0.4 is 0 Å². The molecule has 0 aliphatic rings. The van der Waals surface area contributed by atoms with Crippen LogP contribution in [0.2, 0.25) is 12.6 Å². The molecule has 0 amide bonds. The van der Waals surface area contributed by atoms with Gasteiger partial charge in [-0.3, -0.25) is 0 Å². The first kappa shape index (κ1) is 10.9. The van der Waals surface area contributed by atoms with Crippen molar-refractivity contribution in [2.45, 2.75) is 51.7 Å². The Bertz CT molecular complexity index is 76.5. The van der Waals surface area contributed by atoms with Gasteiger partial charge in [-0.15, -0.1) is 0 Å². The molecule has 0 saturated carbocycles. The third kappa shape index (κ3) is 9.92. The predicted molar refractivity (Wildman–Crippen MR) is 45.5 cm³/mol. The Balaban J connectivity index is 2.80. The van der Waals surface area contributed by atoms with Crippen molar-refractivity contribution in [3.8, 4) is 0 Å². The lowest BCUT2D eigenvalue weighted by atomic mass is 9.68. The van der Waals surface area contributed by atoms with E-state index in [9.17, 15) is 8.78 Å². The molecule has 0 aliphatic carbocycles. The zero-order valence-electron chi connectivity index (χ0n) is 7.15. The maximum atomic E-state index is 11.6. The zero-order chi connectivity index (χ0) is 8.53. The van der Waals surface area contributed by atoms with Crippen LogP contribution in [-0.4, -0.2) is 13.7 Å². The number of rotatable bonds is 7. The fraction of sp³-hybridized carbons (Fsp3) is 1.00. The van der Waals surface area contributed by atoms with E-state index in [2.05, 4.69) is 14.2 Å². The Morgan fingerprint density at radius 1 is 1.18 bits per heavy atom. The first-order chi connectivity index (χ1) is 5.27. The van der Waals surface area contributed by atoms with Crippen LogP contribution in [0, 0.1) is 0 Å². The minimum absolute atomic E-state index is 0.0582. The van der Waals surface area contributed by atoms with Gasteiger partial charge in [-0.2, -0.15) is 0 Å². The quantitative estimate of drug-likeness (QED) is 0.396. The molecule has 0 heterocycles. The summed E-state index contributed by atoms with van der Waals surface area (Å²) in [4.78, 5) is 0. The SMILES string of the molecule is CCCC[B]CCCC(F)F. The molecule has 65 valence electrons. The van der Waals surface area contributed by atoms with Gasteiger partial charge in [0.05, 0.1) is 0 Å². The summed E-state index contributed by atoms with van der Waals surface area (Å²) in [6, 6.07) is 0. The Kier molecular flexibility index (Phi) is 7.97. The average Bonchev–Trinajstić information content (AvgIpc) is 1.96. The van der Waals surface area contributed by atoms with E-state index < -0.39 is 6.43 Å². The van der Waals surface area contributed by atoms with Crippen LogP contribution in [0.25, 0.3) is 0 Å². The molecule has 0 rings (SSSR count). The molecule has 0 unspecified atom stereocenters. The number of alkyl halides is 2. The van der Waals surface area contributed by atoms with Crippen LogP contribution in [0.4, 0.5) is 8.78 Å². The van der Waals surface area contributed by atoms with Crippen LogP contribution in [0.5, 0.6) is 0 Å². The number of hydrogen-bond acceptors (Lipinski definition) is 0. The summed E-state index contributed by atoms with van der Waals surface area (Å²) in [6.45, 7) is 2.13. The lowest BCUT2D eigenvalue weighted by molar-refractivity contribution is 0.136. The van der Waals surface area contributed by atoms with Crippen molar-refractivity contribution in [1.82, 2.24) is 0 Å². The van der Waals surface area contributed by atoms with Crippen molar-refractivity contribution in [2.75, 3.05) is 0 Å². The van der Waals surface area contributed by atoms with Crippen molar-refractivity contribution in [3.05, 3.63) is 0 Å². The second kappa shape index (κ2) is 8.03. The van der Waals surface area contributed by atoms with Crippen LogP contribution in [0.1, 0.15) is 32.6 Å². The monoisotopic (exact) mass is 161 g/mol. The first-order valence-corrected chi connectivity index (χ1v) is 4.37. The van der Waals surface area contributed by atoms with Crippen LogP contribution in [0.3, 0.4) is 0 Å². The summed E-state index contributed by atoms with van der Waals surface area (Å²) in [5, 5.41) is 0. The fourth-order valence-electron chi connectivity index (χ4n) is 0.909. The topological polar surface area (TPSA) is 0 Å².